The fourth-order valence-electron chi connectivity index (χ4n) is 2.35. The first kappa shape index (κ1) is 14.7. The summed E-state index contributed by atoms with van der Waals surface area (Å²) in [5.74, 6) is 0. The van der Waals surface area contributed by atoms with Crippen molar-refractivity contribution in [1.82, 2.24) is 12.9 Å². The van der Waals surface area contributed by atoms with Gasteiger partial charge in [-0.1, -0.05) is 0 Å². The molecule has 0 aliphatic rings. The van der Waals surface area contributed by atoms with Crippen LogP contribution in [0.2, 0.25) is 5.02 Å². The molecule has 4 aromatic rings. The predicted octanol–water partition coefficient (Wildman–Crippen LogP) is 2.62. The van der Waals surface area contributed by atoms with Gasteiger partial charge in [-0.3, -0.25) is 0 Å². The first-order valence-corrected chi connectivity index (χ1v) is 9.94. The van der Waals surface area contributed by atoms with E-state index < -0.39 is 10.0 Å². The van der Waals surface area contributed by atoms with Gasteiger partial charge in [-0.2, -0.15) is 0 Å². The van der Waals surface area contributed by atoms with Crippen molar-refractivity contribution in [2.45, 2.75) is 4.90 Å². The molecule has 0 saturated heterocycles. The van der Waals surface area contributed by atoms with Crippen LogP contribution >= 0.6 is 11.6 Å². The Morgan fingerprint density at radius 1 is 1.09 bits per heavy atom. The molecule has 0 amide bonds. The summed E-state index contributed by atoms with van der Waals surface area (Å²) in [7, 11) is -3.72. The minimum absolute atomic E-state index is 0.143. The molecule has 116 valence electrons. The second-order valence-electron chi connectivity index (χ2n) is 4.92. The first-order valence-electron chi connectivity index (χ1n) is 6.55. The first-order chi connectivity index (χ1) is 11.0. The number of fused-ring (bicyclic) bond motifs is 2. The van der Waals surface area contributed by atoms with Gasteiger partial charge in [0.15, 0.2) is 0 Å². The molecule has 4 rings (SSSR count). The Kier molecular flexibility index (Phi) is 3.42. The fraction of sp³-hybridized carbons (Fsp3) is 0. The van der Waals surface area contributed by atoms with Gasteiger partial charge < -0.3 is 0 Å². The number of nitrogens with one attached hydrogen (secondary N) is 2. The molecule has 9 heteroatoms. The Morgan fingerprint density at radius 3 is 2.78 bits per heavy atom. The Hall–Kier alpha value is -1.86. The number of hydrogen-bond acceptors (Lipinski definition) is 4. The number of nitrogens with zero attached hydrogens (tertiary/aromatic N) is 2. The van der Waals surface area contributed by atoms with Gasteiger partial charge in [0.25, 0.3) is 0 Å². The van der Waals surface area contributed by atoms with Crippen molar-refractivity contribution in [3.05, 3.63) is 47.6 Å². The SMILES string of the molecule is O=S(=O)(Nc1ccc2n[se]nc2c1)c1c[nH]c2cc(Cl)ccc12. The third-order valence-corrected chi connectivity index (χ3v) is 6.23. The third kappa shape index (κ3) is 2.64. The van der Waals surface area contributed by atoms with Crippen LogP contribution in [0.4, 0.5) is 5.69 Å². The zero-order valence-electron chi connectivity index (χ0n) is 11.4. The van der Waals surface area contributed by atoms with Crippen molar-refractivity contribution >= 4 is 64.2 Å². The van der Waals surface area contributed by atoms with Crippen LogP contribution in [0, 0.1) is 0 Å². The molecule has 2 aromatic carbocycles. The number of hydrogen-bond donors (Lipinski definition) is 2. The van der Waals surface area contributed by atoms with Crippen LogP contribution in [0.5, 0.6) is 0 Å². The summed E-state index contributed by atoms with van der Waals surface area (Å²) in [4.78, 5) is 3.10. The van der Waals surface area contributed by atoms with Gasteiger partial charge >= 0.3 is 143 Å². The van der Waals surface area contributed by atoms with Crippen molar-refractivity contribution in [3.8, 4) is 0 Å². The van der Waals surface area contributed by atoms with Crippen molar-refractivity contribution < 1.29 is 8.42 Å². The summed E-state index contributed by atoms with van der Waals surface area (Å²) >= 11 is 5.78. The van der Waals surface area contributed by atoms with E-state index in [1.54, 1.807) is 36.4 Å². The average molecular weight is 412 g/mol. The maximum absolute atomic E-state index is 12.6. The summed E-state index contributed by atoms with van der Waals surface area (Å²) < 4.78 is 36.4. The van der Waals surface area contributed by atoms with E-state index in [4.69, 9.17) is 11.6 Å². The van der Waals surface area contributed by atoms with E-state index >= 15 is 0 Å². The number of anilines is 1. The average Bonchev–Trinajstić information content (AvgIpc) is 3.12. The van der Waals surface area contributed by atoms with Crippen LogP contribution in [0.25, 0.3) is 21.9 Å². The molecule has 0 fully saturated rings. The van der Waals surface area contributed by atoms with Crippen molar-refractivity contribution in [2.24, 2.45) is 0 Å². The van der Waals surface area contributed by atoms with Crippen molar-refractivity contribution in [3.63, 3.8) is 0 Å². The summed E-state index contributed by atoms with van der Waals surface area (Å²) in [5, 5.41) is 1.13. The summed E-state index contributed by atoms with van der Waals surface area (Å²) in [5.41, 5.74) is 2.65. The normalized spacial score (nSPS) is 12.0. The Bertz CT molecular complexity index is 1140. The van der Waals surface area contributed by atoms with E-state index in [0.717, 1.165) is 11.0 Å². The maximum atomic E-state index is 12.6. The topological polar surface area (TPSA) is 87.7 Å². The number of halogens is 1. The number of rotatable bonds is 3. The second-order valence-corrected chi connectivity index (χ2v) is 8.11. The second kappa shape index (κ2) is 5.35. The van der Waals surface area contributed by atoms with Gasteiger partial charge in [-0.15, -0.1) is 0 Å². The molecule has 2 heterocycles. The number of aromatic amines is 1. The molecular formula is C14H9ClN4O2SSe. The van der Waals surface area contributed by atoms with E-state index in [1.165, 1.54) is 6.20 Å². The van der Waals surface area contributed by atoms with E-state index in [1.807, 2.05) is 0 Å². The van der Waals surface area contributed by atoms with Crippen molar-refractivity contribution in [2.75, 3.05) is 4.72 Å². The molecule has 0 radical (unpaired) electrons. The molecule has 0 aliphatic carbocycles. The number of sulfonamides is 1. The minimum atomic E-state index is -3.72. The van der Waals surface area contributed by atoms with Gasteiger partial charge in [0.1, 0.15) is 0 Å². The molecule has 0 bridgehead atoms. The standard InChI is InChI=1S/C14H9ClN4O2SSe/c15-8-1-3-10-12(5-8)16-7-14(10)22(20,21)17-9-2-4-11-13(6-9)19-23-18-11/h1-7,16-17H. The molecule has 0 saturated carbocycles. The van der Waals surface area contributed by atoms with E-state index in [9.17, 15) is 8.42 Å². The fourth-order valence-corrected chi connectivity index (χ4v) is 4.84. The number of aromatic nitrogens is 3. The molecule has 2 N–H and O–H groups in total. The molecule has 23 heavy (non-hydrogen) atoms. The quantitative estimate of drug-likeness (QED) is 0.507. The zero-order valence-corrected chi connectivity index (χ0v) is 14.7. The molecule has 0 spiro atoms. The van der Waals surface area contributed by atoms with E-state index in [2.05, 4.69) is 17.7 Å². The van der Waals surface area contributed by atoms with E-state index in [-0.39, 0.29) is 19.9 Å². The Labute approximate surface area is 142 Å². The van der Waals surface area contributed by atoms with Crippen LogP contribution in [0.3, 0.4) is 0 Å². The molecule has 6 nitrogen and oxygen atoms in total. The van der Waals surface area contributed by atoms with Crippen LogP contribution in [0.15, 0.2) is 47.5 Å². The van der Waals surface area contributed by atoms with Gasteiger partial charge in [-0.05, 0) is 0 Å². The van der Waals surface area contributed by atoms with Gasteiger partial charge in [0.05, 0.1) is 0 Å². The molecular weight excluding hydrogens is 403 g/mol. The van der Waals surface area contributed by atoms with Crippen LogP contribution in [0.1, 0.15) is 0 Å². The number of H-pyrrole nitrogens is 1. The summed E-state index contributed by atoms with van der Waals surface area (Å²) in [6, 6.07) is 10.2. The van der Waals surface area contributed by atoms with Crippen molar-refractivity contribution in [1.29, 1.82) is 0 Å². The molecule has 2 aromatic heterocycles. The molecule has 0 atom stereocenters. The predicted molar refractivity (Wildman–Crippen MR) is 90.6 cm³/mol. The summed E-state index contributed by atoms with van der Waals surface area (Å²) in [6.07, 6.45) is 1.46. The molecule has 0 aliphatic heterocycles. The third-order valence-electron chi connectivity index (χ3n) is 3.40. The number of benzene rings is 2. The van der Waals surface area contributed by atoms with E-state index in [0.29, 0.717) is 21.6 Å². The van der Waals surface area contributed by atoms with Crippen LogP contribution in [-0.2, 0) is 10.0 Å². The van der Waals surface area contributed by atoms with Crippen LogP contribution in [-0.4, -0.2) is 36.3 Å². The monoisotopic (exact) mass is 412 g/mol. The van der Waals surface area contributed by atoms with Crippen LogP contribution < -0.4 is 4.72 Å². The Balaban J connectivity index is 1.76. The van der Waals surface area contributed by atoms with Gasteiger partial charge in [0, 0.05) is 0 Å². The Morgan fingerprint density at radius 2 is 1.91 bits per heavy atom. The summed E-state index contributed by atoms with van der Waals surface area (Å²) in [6.45, 7) is 0. The van der Waals surface area contributed by atoms with Gasteiger partial charge in [0.2, 0.25) is 0 Å². The molecule has 0 unspecified atom stereocenters. The zero-order chi connectivity index (χ0) is 16.0. The van der Waals surface area contributed by atoms with Gasteiger partial charge in [-0.25, -0.2) is 0 Å².